The molecule has 4 aromatic rings. The maximum absolute atomic E-state index is 14.0. The standard InChI is InChI=1S/C34H30O7/c1-20-9-3-4-12-23(20)28-30(33(35)36)29(25-13-5-6-15-26(25)38-2)31(28)34(37)41-22-11-7-10-21(19-22)24-14-8-16-27-32(24)40-18-17-39-27/h3-16,19,28-31H,17-18H2,1-2H3,(H,35,36)/t28-,29-,30+,31+/m0/s1. The molecule has 4 aromatic carbocycles. The zero-order valence-corrected chi connectivity index (χ0v) is 22.8. The molecule has 0 radical (unpaired) electrons. The largest absolute Gasteiger partial charge is 0.496 e. The van der Waals surface area contributed by atoms with E-state index < -0.39 is 35.6 Å². The van der Waals surface area contributed by atoms with Gasteiger partial charge in [0.15, 0.2) is 11.5 Å². The maximum Gasteiger partial charge on any atom is 0.315 e. The molecule has 1 saturated carbocycles. The van der Waals surface area contributed by atoms with Gasteiger partial charge in [-0.15, -0.1) is 0 Å². The number of ether oxygens (including phenoxy) is 4. The molecule has 1 heterocycles. The Labute approximate surface area is 238 Å². The van der Waals surface area contributed by atoms with E-state index >= 15 is 0 Å². The third kappa shape index (κ3) is 4.78. The number of hydrogen-bond donors (Lipinski definition) is 1. The highest BCUT2D eigenvalue weighted by Gasteiger charge is 2.60. The third-order valence-corrected chi connectivity index (χ3v) is 8.08. The lowest BCUT2D eigenvalue weighted by molar-refractivity contribution is -0.158. The number of carbonyl (C=O) groups is 2. The van der Waals surface area contributed by atoms with E-state index in [1.165, 1.54) is 0 Å². The van der Waals surface area contributed by atoms with Crippen LogP contribution in [-0.2, 0) is 9.59 Å². The van der Waals surface area contributed by atoms with Crippen molar-refractivity contribution in [2.75, 3.05) is 20.3 Å². The number of carboxylic acid groups (broad SMARTS) is 1. The summed E-state index contributed by atoms with van der Waals surface area (Å²) in [6.07, 6.45) is 0. The predicted octanol–water partition coefficient (Wildman–Crippen LogP) is 6.25. The molecule has 0 aromatic heterocycles. The zero-order chi connectivity index (χ0) is 28.5. The number of aryl methyl sites for hydroxylation is 1. The van der Waals surface area contributed by atoms with Crippen molar-refractivity contribution in [2.24, 2.45) is 11.8 Å². The quantitative estimate of drug-likeness (QED) is 0.215. The summed E-state index contributed by atoms with van der Waals surface area (Å²) in [5, 5.41) is 10.4. The molecule has 208 valence electrons. The predicted molar refractivity (Wildman–Crippen MR) is 153 cm³/mol. The molecule has 0 unspecified atom stereocenters. The first-order valence-corrected chi connectivity index (χ1v) is 13.6. The van der Waals surface area contributed by atoms with Gasteiger partial charge in [-0.05, 0) is 53.4 Å². The van der Waals surface area contributed by atoms with Gasteiger partial charge in [-0.1, -0.05) is 66.7 Å². The minimum Gasteiger partial charge on any atom is -0.496 e. The van der Waals surface area contributed by atoms with Crippen molar-refractivity contribution in [3.63, 3.8) is 0 Å². The van der Waals surface area contributed by atoms with Crippen LogP contribution >= 0.6 is 0 Å². The first-order valence-electron chi connectivity index (χ1n) is 13.6. The van der Waals surface area contributed by atoms with Crippen molar-refractivity contribution in [3.8, 4) is 34.1 Å². The summed E-state index contributed by atoms with van der Waals surface area (Å²) >= 11 is 0. The molecule has 1 fully saturated rings. The van der Waals surface area contributed by atoms with Gasteiger partial charge in [0.05, 0.1) is 18.9 Å². The van der Waals surface area contributed by atoms with Crippen molar-refractivity contribution in [2.45, 2.75) is 18.8 Å². The van der Waals surface area contributed by atoms with E-state index in [4.69, 9.17) is 18.9 Å². The van der Waals surface area contributed by atoms with Gasteiger partial charge in [0, 0.05) is 17.4 Å². The number of carbonyl (C=O) groups excluding carboxylic acids is 1. The Morgan fingerprint density at radius 3 is 2.29 bits per heavy atom. The van der Waals surface area contributed by atoms with Crippen LogP contribution in [0.4, 0.5) is 0 Å². The SMILES string of the molecule is COc1ccccc1[C@H]1[C@H](C(=O)O)[C@H](c2ccccc2C)[C@H]1C(=O)Oc1cccc(-c2cccc3c2OCCO3)c1. The second-order valence-corrected chi connectivity index (χ2v) is 10.3. The summed E-state index contributed by atoms with van der Waals surface area (Å²) in [6.45, 7) is 2.88. The molecule has 1 aliphatic heterocycles. The molecular formula is C34H30O7. The average Bonchev–Trinajstić information content (AvgIpc) is 2.97. The van der Waals surface area contributed by atoms with Crippen LogP contribution in [0.5, 0.6) is 23.0 Å². The first kappa shape index (κ1) is 26.4. The number of carboxylic acids is 1. The van der Waals surface area contributed by atoms with Crippen LogP contribution < -0.4 is 18.9 Å². The van der Waals surface area contributed by atoms with Crippen molar-refractivity contribution >= 4 is 11.9 Å². The lowest BCUT2D eigenvalue weighted by Gasteiger charge is -2.49. The number of fused-ring (bicyclic) bond motifs is 1. The minimum atomic E-state index is -0.962. The summed E-state index contributed by atoms with van der Waals surface area (Å²) in [5.41, 5.74) is 4.08. The van der Waals surface area contributed by atoms with Crippen LogP contribution in [0, 0.1) is 18.8 Å². The molecule has 2 aliphatic rings. The van der Waals surface area contributed by atoms with Crippen molar-refractivity contribution in [1.29, 1.82) is 0 Å². The summed E-state index contributed by atoms with van der Waals surface area (Å²) in [4.78, 5) is 26.7. The Bertz CT molecular complexity index is 1610. The summed E-state index contributed by atoms with van der Waals surface area (Å²) < 4.78 is 23.2. The first-order chi connectivity index (χ1) is 20.0. The summed E-state index contributed by atoms with van der Waals surface area (Å²) in [5.74, 6) is -1.97. The Balaban J connectivity index is 1.37. The zero-order valence-electron chi connectivity index (χ0n) is 22.8. The van der Waals surface area contributed by atoms with Gasteiger partial charge in [0.2, 0.25) is 0 Å². The Kier molecular flexibility index (Phi) is 7.10. The molecule has 0 amide bonds. The molecule has 1 N–H and O–H groups in total. The van der Waals surface area contributed by atoms with Crippen molar-refractivity contribution in [1.82, 2.24) is 0 Å². The van der Waals surface area contributed by atoms with Crippen LogP contribution in [0.25, 0.3) is 11.1 Å². The van der Waals surface area contributed by atoms with E-state index in [9.17, 15) is 14.7 Å². The molecule has 0 spiro atoms. The van der Waals surface area contributed by atoms with Crippen molar-refractivity contribution in [3.05, 3.63) is 108 Å². The second-order valence-electron chi connectivity index (χ2n) is 10.3. The van der Waals surface area contributed by atoms with Crippen LogP contribution in [0.2, 0.25) is 0 Å². The Hall–Kier alpha value is -4.78. The third-order valence-electron chi connectivity index (χ3n) is 8.08. The number of esters is 1. The fourth-order valence-corrected chi connectivity index (χ4v) is 6.24. The number of aliphatic carboxylic acids is 1. The number of benzene rings is 4. The summed E-state index contributed by atoms with van der Waals surface area (Å²) in [7, 11) is 1.54. The number of para-hydroxylation sites is 2. The highest BCUT2D eigenvalue weighted by molar-refractivity contribution is 5.86. The van der Waals surface area contributed by atoms with E-state index in [-0.39, 0.29) is 0 Å². The van der Waals surface area contributed by atoms with Gasteiger partial charge >= 0.3 is 11.9 Å². The number of methoxy groups -OCH3 is 1. The van der Waals surface area contributed by atoms with E-state index in [1.54, 1.807) is 25.3 Å². The Morgan fingerprint density at radius 2 is 1.51 bits per heavy atom. The number of rotatable bonds is 7. The second kappa shape index (κ2) is 11.0. The smallest absolute Gasteiger partial charge is 0.315 e. The van der Waals surface area contributed by atoms with E-state index in [1.807, 2.05) is 79.7 Å². The van der Waals surface area contributed by atoms with Gasteiger partial charge in [0.25, 0.3) is 0 Å². The normalized spacial score (nSPS) is 20.9. The maximum atomic E-state index is 14.0. The van der Waals surface area contributed by atoms with Gasteiger partial charge in [-0.2, -0.15) is 0 Å². The lowest BCUT2D eigenvalue weighted by atomic mass is 9.52. The van der Waals surface area contributed by atoms with Gasteiger partial charge in [-0.3, -0.25) is 9.59 Å². The molecule has 0 saturated heterocycles. The van der Waals surface area contributed by atoms with Gasteiger partial charge in [-0.25, -0.2) is 0 Å². The Morgan fingerprint density at radius 1 is 0.805 bits per heavy atom. The number of hydrogen-bond acceptors (Lipinski definition) is 6. The molecule has 41 heavy (non-hydrogen) atoms. The molecule has 0 bridgehead atoms. The highest BCUT2D eigenvalue weighted by atomic mass is 16.6. The van der Waals surface area contributed by atoms with Crippen LogP contribution in [0.15, 0.2) is 91.0 Å². The van der Waals surface area contributed by atoms with Crippen LogP contribution in [-0.4, -0.2) is 37.4 Å². The molecular weight excluding hydrogens is 520 g/mol. The van der Waals surface area contributed by atoms with Crippen LogP contribution in [0.1, 0.15) is 28.5 Å². The highest BCUT2D eigenvalue weighted by Crippen LogP contribution is 2.60. The minimum absolute atomic E-state index is 0.364. The van der Waals surface area contributed by atoms with E-state index in [0.717, 1.165) is 22.3 Å². The lowest BCUT2D eigenvalue weighted by Crippen LogP contribution is -2.52. The molecule has 6 rings (SSSR count). The molecule has 7 heteroatoms. The van der Waals surface area contributed by atoms with Crippen LogP contribution in [0.3, 0.4) is 0 Å². The fourth-order valence-electron chi connectivity index (χ4n) is 6.24. The van der Waals surface area contributed by atoms with E-state index in [0.29, 0.717) is 41.8 Å². The van der Waals surface area contributed by atoms with Crippen molar-refractivity contribution < 1.29 is 33.6 Å². The average molecular weight is 551 g/mol. The van der Waals surface area contributed by atoms with Gasteiger partial charge < -0.3 is 24.1 Å². The molecule has 1 aliphatic carbocycles. The van der Waals surface area contributed by atoms with E-state index in [2.05, 4.69) is 0 Å². The van der Waals surface area contributed by atoms with Gasteiger partial charge in [0.1, 0.15) is 24.7 Å². The topological polar surface area (TPSA) is 91.3 Å². The monoisotopic (exact) mass is 550 g/mol. The summed E-state index contributed by atoms with van der Waals surface area (Å²) in [6, 6.07) is 27.8. The fraction of sp³-hybridized carbons (Fsp3) is 0.235. The molecule has 4 atom stereocenters. The molecule has 7 nitrogen and oxygen atoms in total.